The Morgan fingerprint density at radius 1 is 1.03 bits per heavy atom. The lowest BCUT2D eigenvalue weighted by Gasteiger charge is -2.06. The molecule has 8 heteroatoms. The van der Waals surface area contributed by atoms with Crippen molar-refractivity contribution < 1.29 is 14.4 Å². The van der Waals surface area contributed by atoms with E-state index in [1.165, 1.54) is 18.3 Å². The number of nitrogens with one attached hydrogen (secondary N) is 3. The molecule has 3 rings (SSSR count). The highest BCUT2D eigenvalue weighted by atomic mass is 32.1. The third-order valence-corrected chi connectivity index (χ3v) is 4.70. The van der Waals surface area contributed by atoms with E-state index in [4.69, 9.17) is 0 Å². The van der Waals surface area contributed by atoms with Gasteiger partial charge in [-0.05, 0) is 31.2 Å². The predicted octanol–water partition coefficient (Wildman–Crippen LogP) is 3.45. The van der Waals surface area contributed by atoms with E-state index >= 15 is 0 Å². The van der Waals surface area contributed by atoms with Gasteiger partial charge in [0.2, 0.25) is 11.8 Å². The van der Waals surface area contributed by atoms with Crippen LogP contribution in [0.1, 0.15) is 22.8 Å². The summed E-state index contributed by atoms with van der Waals surface area (Å²) in [6.45, 7) is 3.20. The lowest BCUT2D eigenvalue weighted by atomic mass is 10.1. The van der Waals surface area contributed by atoms with E-state index in [9.17, 15) is 14.4 Å². The Balaban J connectivity index is 1.54. The van der Waals surface area contributed by atoms with Crippen LogP contribution in [-0.4, -0.2) is 29.3 Å². The number of carbonyl (C=O) groups is 3. The number of aromatic nitrogens is 1. The predicted molar refractivity (Wildman–Crippen MR) is 114 cm³/mol. The van der Waals surface area contributed by atoms with Gasteiger partial charge in [-0.2, -0.15) is 0 Å². The van der Waals surface area contributed by atoms with Crippen LogP contribution in [0.2, 0.25) is 0 Å². The second kappa shape index (κ2) is 9.11. The van der Waals surface area contributed by atoms with Gasteiger partial charge in [0, 0.05) is 29.1 Å². The maximum atomic E-state index is 12.1. The molecule has 148 valence electrons. The van der Waals surface area contributed by atoms with Gasteiger partial charge in [0.25, 0.3) is 5.91 Å². The lowest BCUT2D eigenvalue weighted by Crippen LogP contribution is -2.32. The molecule has 1 aromatic heterocycles. The summed E-state index contributed by atoms with van der Waals surface area (Å²) < 4.78 is 0. The highest BCUT2D eigenvalue weighted by Gasteiger charge is 2.11. The van der Waals surface area contributed by atoms with E-state index < -0.39 is 0 Å². The normalized spacial score (nSPS) is 10.3. The van der Waals surface area contributed by atoms with Crippen molar-refractivity contribution in [2.45, 2.75) is 13.8 Å². The molecular weight excluding hydrogens is 388 g/mol. The topological polar surface area (TPSA) is 100 Å². The van der Waals surface area contributed by atoms with Crippen molar-refractivity contribution in [1.82, 2.24) is 10.3 Å². The van der Waals surface area contributed by atoms with Crippen LogP contribution in [0.4, 0.5) is 10.8 Å². The van der Waals surface area contributed by atoms with Crippen molar-refractivity contribution >= 4 is 39.9 Å². The van der Waals surface area contributed by atoms with Crippen molar-refractivity contribution in [1.29, 1.82) is 0 Å². The van der Waals surface area contributed by atoms with Gasteiger partial charge in [-0.3, -0.25) is 14.4 Å². The van der Waals surface area contributed by atoms with Crippen LogP contribution in [0.5, 0.6) is 0 Å². The highest BCUT2D eigenvalue weighted by Crippen LogP contribution is 2.26. The smallest absolute Gasteiger partial charge is 0.251 e. The minimum absolute atomic E-state index is 0.133. The molecule has 3 aromatic rings. The molecule has 0 aliphatic heterocycles. The van der Waals surface area contributed by atoms with E-state index in [-0.39, 0.29) is 24.3 Å². The van der Waals surface area contributed by atoms with Crippen LogP contribution in [0.3, 0.4) is 0 Å². The van der Waals surface area contributed by atoms with Gasteiger partial charge >= 0.3 is 0 Å². The molecule has 0 atom stereocenters. The van der Waals surface area contributed by atoms with Crippen molar-refractivity contribution in [3.63, 3.8) is 0 Å². The molecule has 0 bridgehead atoms. The molecule has 2 aromatic carbocycles. The summed E-state index contributed by atoms with van der Waals surface area (Å²) in [5.41, 5.74) is 3.76. The van der Waals surface area contributed by atoms with Crippen LogP contribution in [0.15, 0.2) is 53.9 Å². The van der Waals surface area contributed by atoms with E-state index in [0.717, 1.165) is 11.1 Å². The van der Waals surface area contributed by atoms with Crippen molar-refractivity contribution in [3.05, 3.63) is 65.0 Å². The van der Waals surface area contributed by atoms with E-state index in [0.29, 0.717) is 22.1 Å². The zero-order chi connectivity index (χ0) is 20.8. The number of rotatable bonds is 6. The zero-order valence-electron chi connectivity index (χ0n) is 16.0. The molecule has 0 aliphatic carbocycles. The van der Waals surface area contributed by atoms with Crippen LogP contribution in [0.25, 0.3) is 11.3 Å². The Morgan fingerprint density at radius 3 is 2.48 bits per heavy atom. The first kappa shape index (κ1) is 20.2. The first-order chi connectivity index (χ1) is 13.9. The van der Waals surface area contributed by atoms with Gasteiger partial charge in [0.05, 0.1) is 12.2 Å². The molecule has 0 aliphatic rings. The molecule has 29 heavy (non-hydrogen) atoms. The number of aryl methyl sites for hydroxylation is 1. The molecule has 0 saturated carbocycles. The summed E-state index contributed by atoms with van der Waals surface area (Å²) in [5, 5.41) is 10.3. The molecule has 0 spiro atoms. The minimum atomic E-state index is -0.354. The first-order valence-electron chi connectivity index (χ1n) is 8.89. The summed E-state index contributed by atoms with van der Waals surface area (Å²) in [4.78, 5) is 39.7. The molecular formula is C21H20N4O3S. The van der Waals surface area contributed by atoms with Crippen LogP contribution < -0.4 is 16.0 Å². The number of anilines is 2. The summed E-state index contributed by atoms with van der Waals surface area (Å²) in [5.74, 6) is -0.790. The van der Waals surface area contributed by atoms with E-state index in [1.54, 1.807) is 30.3 Å². The Labute approximate surface area is 172 Å². The molecule has 3 N–H and O–H groups in total. The number of hydrogen-bond donors (Lipinski definition) is 3. The van der Waals surface area contributed by atoms with E-state index in [2.05, 4.69) is 20.9 Å². The van der Waals surface area contributed by atoms with Gasteiger partial charge in [-0.15, -0.1) is 11.3 Å². The summed E-state index contributed by atoms with van der Waals surface area (Å²) >= 11 is 1.29. The largest absolute Gasteiger partial charge is 0.343 e. The average molecular weight is 408 g/mol. The van der Waals surface area contributed by atoms with Gasteiger partial charge in [0.1, 0.15) is 0 Å². The van der Waals surface area contributed by atoms with Crippen molar-refractivity contribution in [2.24, 2.45) is 0 Å². The maximum absolute atomic E-state index is 12.1. The number of benzene rings is 2. The minimum Gasteiger partial charge on any atom is -0.343 e. The van der Waals surface area contributed by atoms with Gasteiger partial charge < -0.3 is 16.0 Å². The quantitative estimate of drug-likeness (QED) is 0.582. The number of carbonyl (C=O) groups excluding carboxylic acids is 3. The molecule has 0 radical (unpaired) electrons. The van der Waals surface area contributed by atoms with Gasteiger partial charge in [-0.1, -0.05) is 29.8 Å². The highest BCUT2D eigenvalue weighted by molar-refractivity contribution is 7.14. The lowest BCUT2D eigenvalue weighted by molar-refractivity contribution is -0.115. The summed E-state index contributed by atoms with van der Waals surface area (Å²) in [6.07, 6.45) is 0. The Morgan fingerprint density at radius 2 is 1.79 bits per heavy atom. The third kappa shape index (κ3) is 5.73. The monoisotopic (exact) mass is 408 g/mol. The number of nitrogens with zero attached hydrogens (tertiary/aromatic N) is 1. The maximum Gasteiger partial charge on any atom is 0.251 e. The second-order valence-electron chi connectivity index (χ2n) is 6.40. The molecule has 0 fully saturated rings. The summed E-state index contributed by atoms with van der Waals surface area (Å²) in [7, 11) is 0. The third-order valence-electron chi connectivity index (χ3n) is 3.94. The fraction of sp³-hybridized carbons (Fsp3) is 0.143. The number of amides is 3. The SMILES string of the molecule is CC(=O)Nc1ccc(-c2csc(NC(=O)CNC(=O)c3cccc(C)c3)n2)cc1. The first-order valence-corrected chi connectivity index (χ1v) is 9.77. The Hall–Kier alpha value is -3.52. The average Bonchev–Trinajstić information content (AvgIpc) is 3.14. The van der Waals surface area contributed by atoms with Crippen LogP contribution >= 0.6 is 11.3 Å². The molecule has 0 saturated heterocycles. The fourth-order valence-corrected chi connectivity index (χ4v) is 3.34. The van der Waals surface area contributed by atoms with Crippen molar-refractivity contribution in [3.8, 4) is 11.3 Å². The molecule has 7 nitrogen and oxygen atoms in total. The van der Waals surface area contributed by atoms with Gasteiger partial charge in [0.15, 0.2) is 5.13 Å². The fourth-order valence-electron chi connectivity index (χ4n) is 2.60. The molecule has 1 heterocycles. The Kier molecular flexibility index (Phi) is 6.36. The van der Waals surface area contributed by atoms with Crippen LogP contribution in [-0.2, 0) is 9.59 Å². The molecule has 0 unspecified atom stereocenters. The molecule has 3 amide bonds. The number of thiazole rings is 1. The Bertz CT molecular complexity index is 1040. The van der Waals surface area contributed by atoms with Gasteiger partial charge in [-0.25, -0.2) is 4.98 Å². The second-order valence-corrected chi connectivity index (χ2v) is 7.25. The summed E-state index contributed by atoms with van der Waals surface area (Å²) in [6, 6.07) is 14.4. The number of hydrogen-bond acceptors (Lipinski definition) is 5. The van der Waals surface area contributed by atoms with E-state index in [1.807, 2.05) is 30.5 Å². The van der Waals surface area contributed by atoms with Crippen LogP contribution in [0, 0.1) is 6.92 Å². The van der Waals surface area contributed by atoms with Crippen molar-refractivity contribution in [2.75, 3.05) is 17.2 Å². The standard InChI is InChI=1S/C21H20N4O3S/c1-13-4-3-5-16(10-13)20(28)22-11-19(27)25-21-24-18(12-29-21)15-6-8-17(9-7-15)23-14(2)26/h3-10,12H,11H2,1-2H3,(H,22,28)(H,23,26)(H,24,25,27). The zero-order valence-corrected chi connectivity index (χ0v) is 16.8.